The fourth-order valence-corrected chi connectivity index (χ4v) is 4.78. The second-order valence-electron chi connectivity index (χ2n) is 9.54. The summed E-state index contributed by atoms with van der Waals surface area (Å²) in [5.41, 5.74) is 5.13. The Morgan fingerprint density at radius 1 is 0.972 bits per heavy atom. The molecule has 186 valence electrons. The Balaban J connectivity index is 2.01. The molecule has 1 unspecified atom stereocenters. The molecular formula is C30H31NO5. The van der Waals surface area contributed by atoms with Gasteiger partial charge in [-0.2, -0.15) is 0 Å². The number of phenolic OH excluding ortho intramolecular Hbond substituents is 1. The van der Waals surface area contributed by atoms with Crippen molar-refractivity contribution in [2.45, 2.75) is 46.6 Å². The van der Waals surface area contributed by atoms with Crippen LogP contribution >= 0.6 is 0 Å². The third-order valence-corrected chi connectivity index (χ3v) is 6.94. The second kappa shape index (κ2) is 9.53. The number of methoxy groups -OCH3 is 1. The maximum Gasteiger partial charge on any atom is 0.300 e. The van der Waals surface area contributed by atoms with Crippen LogP contribution in [0, 0.1) is 20.8 Å². The van der Waals surface area contributed by atoms with Crippen LogP contribution in [0.15, 0.2) is 60.2 Å². The Bertz CT molecular complexity index is 1390. The molecule has 0 radical (unpaired) electrons. The average molecular weight is 486 g/mol. The van der Waals surface area contributed by atoms with Gasteiger partial charge in [0.15, 0.2) is 0 Å². The summed E-state index contributed by atoms with van der Waals surface area (Å²) in [7, 11) is 1.60. The minimum Gasteiger partial charge on any atom is -0.508 e. The number of ketones is 1. The quantitative estimate of drug-likeness (QED) is 0.260. The molecule has 1 aliphatic rings. The molecule has 1 saturated heterocycles. The minimum absolute atomic E-state index is 0.00886. The summed E-state index contributed by atoms with van der Waals surface area (Å²) in [5, 5.41) is 21.5. The molecule has 1 fully saturated rings. The summed E-state index contributed by atoms with van der Waals surface area (Å²) in [6.45, 7) is 9.72. The smallest absolute Gasteiger partial charge is 0.300 e. The average Bonchev–Trinajstić information content (AvgIpc) is 3.10. The van der Waals surface area contributed by atoms with Gasteiger partial charge in [-0.1, -0.05) is 38.1 Å². The lowest BCUT2D eigenvalue weighted by atomic mass is 9.91. The fourth-order valence-electron chi connectivity index (χ4n) is 4.78. The molecule has 0 saturated carbocycles. The summed E-state index contributed by atoms with van der Waals surface area (Å²) >= 11 is 0. The van der Waals surface area contributed by atoms with Crippen LogP contribution < -0.4 is 9.64 Å². The number of Topliss-reactive ketones (excluding diaryl/α,β-unsaturated/α-hetero) is 1. The summed E-state index contributed by atoms with van der Waals surface area (Å²) in [5.74, 6) is -0.829. The van der Waals surface area contributed by atoms with Crippen molar-refractivity contribution in [2.75, 3.05) is 12.0 Å². The van der Waals surface area contributed by atoms with Crippen LogP contribution in [-0.4, -0.2) is 29.0 Å². The standard InChI is InChI=1S/C30H31NO5/c1-16(2)22-15-23(18(4)14-25(22)36-6)28(33)26-27(20-10-12-21(32)13-11-20)31(30(35)29(26)34)24-9-7-8-17(3)19(24)5/h7-16,27,32-33H,1-6H3/b28-26+. The molecule has 0 aromatic heterocycles. The van der Waals surface area contributed by atoms with Crippen molar-refractivity contribution in [3.8, 4) is 11.5 Å². The van der Waals surface area contributed by atoms with Gasteiger partial charge in [-0.15, -0.1) is 0 Å². The fraction of sp³-hybridized carbons (Fsp3) is 0.267. The molecule has 36 heavy (non-hydrogen) atoms. The van der Waals surface area contributed by atoms with Crippen LogP contribution in [0.4, 0.5) is 5.69 Å². The van der Waals surface area contributed by atoms with E-state index in [9.17, 15) is 19.8 Å². The number of nitrogens with zero attached hydrogens (tertiary/aromatic N) is 1. The van der Waals surface area contributed by atoms with E-state index in [1.807, 2.05) is 58.9 Å². The van der Waals surface area contributed by atoms with Crippen LogP contribution in [0.2, 0.25) is 0 Å². The number of benzene rings is 3. The first-order valence-corrected chi connectivity index (χ1v) is 11.9. The first-order valence-electron chi connectivity index (χ1n) is 11.9. The highest BCUT2D eigenvalue weighted by molar-refractivity contribution is 6.51. The predicted molar refractivity (Wildman–Crippen MR) is 141 cm³/mol. The zero-order chi connectivity index (χ0) is 26.3. The summed E-state index contributed by atoms with van der Waals surface area (Å²) in [4.78, 5) is 28.5. The Morgan fingerprint density at radius 2 is 1.64 bits per heavy atom. The number of carbonyl (C=O) groups excluding carboxylic acids is 2. The lowest BCUT2D eigenvalue weighted by Gasteiger charge is -2.27. The number of ether oxygens (including phenoxy) is 1. The van der Waals surface area contributed by atoms with Gasteiger partial charge < -0.3 is 14.9 Å². The maximum atomic E-state index is 13.5. The molecule has 1 aliphatic heterocycles. The van der Waals surface area contributed by atoms with E-state index in [2.05, 4.69) is 0 Å². The number of aryl methyl sites for hydroxylation is 2. The molecule has 6 heteroatoms. The van der Waals surface area contributed by atoms with E-state index in [0.717, 1.165) is 22.3 Å². The number of anilines is 1. The van der Waals surface area contributed by atoms with E-state index in [-0.39, 0.29) is 23.0 Å². The van der Waals surface area contributed by atoms with Crippen LogP contribution in [0.5, 0.6) is 11.5 Å². The van der Waals surface area contributed by atoms with Crippen molar-refractivity contribution >= 4 is 23.1 Å². The number of aliphatic hydroxyl groups excluding tert-OH is 1. The number of rotatable bonds is 5. The van der Waals surface area contributed by atoms with Gasteiger partial charge in [0, 0.05) is 11.3 Å². The van der Waals surface area contributed by atoms with E-state index in [1.165, 1.54) is 17.0 Å². The van der Waals surface area contributed by atoms with E-state index in [1.54, 1.807) is 25.3 Å². The van der Waals surface area contributed by atoms with Crippen LogP contribution in [0.3, 0.4) is 0 Å². The van der Waals surface area contributed by atoms with Gasteiger partial charge in [0.05, 0.1) is 18.7 Å². The number of hydrogen-bond acceptors (Lipinski definition) is 5. The van der Waals surface area contributed by atoms with Gasteiger partial charge >= 0.3 is 0 Å². The van der Waals surface area contributed by atoms with Crippen molar-refractivity contribution in [2.24, 2.45) is 0 Å². The van der Waals surface area contributed by atoms with Gasteiger partial charge in [-0.05, 0) is 84.8 Å². The molecule has 0 aliphatic carbocycles. The molecule has 1 amide bonds. The molecule has 6 nitrogen and oxygen atoms in total. The normalized spacial score (nSPS) is 17.2. The van der Waals surface area contributed by atoms with Crippen LogP contribution in [0.1, 0.15) is 59.2 Å². The SMILES string of the molecule is COc1cc(C)c(/C(O)=C2\C(=O)C(=O)N(c3cccc(C)c3C)C2c2ccc(O)cc2)cc1C(C)C. The Hall–Kier alpha value is -4.06. The number of amides is 1. The topological polar surface area (TPSA) is 87.1 Å². The molecule has 2 N–H and O–H groups in total. The molecule has 1 atom stereocenters. The summed E-state index contributed by atoms with van der Waals surface area (Å²) < 4.78 is 5.54. The van der Waals surface area contributed by atoms with Gasteiger partial charge in [-0.3, -0.25) is 14.5 Å². The lowest BCUT2D eigenvalue weighted by molar-refractivity contribution is -0.132. The van der Waals surface area contributed by atoms with E-state index in [0.29, 0.717) is 22.6 Å². The first kappa shape index (κ1) is 25.0. The predicted octanol–water partition coefficient (Wildman–Crippen LogP) is 6.08. The Labute approximate surface area is 211 Å². The second-order valence-corrected chi connectivity index (χ2v) is 9.54. The third kappa shape index (κ3) is 4.13. The molecule has 3 aromatic rings. The van der Waals surface area contributed by atoms with Crippen molar-refractivity contribution in [3.63, 3.8) is 0 Å². The molecule has 1 heterocycles. The highest BCUT2D eigenvalue weighted by Gasteiger charge is 2.47. The molecule has 0 bridgehead atoms. The van der Waals surface area contributed by atoms with Crippen molar-refractivity contribution in [3.05, 3.63) is 93.6 Å². The van der Waals surface area contributed by atoms with Gasteiger partial charge in [-0.25, -0.2) is 0 Å². The highest BCUT2D eigenvalue weighted by atomic mass is 16.5. The molecule has 0 spiro atoms. The molecule has 4 rings (SSSR count). The van der Waals surface area contributed by atoms with E-state index < -0.39 is 17.7 Å². The molecule has 3 aromatic carbocycles. The third-order valence-electron chi connectivity index (χ3n) is 6.94. The number of aliphatic hydroxyl groups is 1. The monoisotopic (exact) mass is 485 g/mol. The van der Waals surface area contributed by atoms with Crippen molar-refractivity contribution < 1.29 is 24.5 Å². The zero-order valence-corrected chi connectivity index (χ0v) is 21.4. The number of aromatic hydroxyl groups is 1. The zero-order valence-electron chi connectivity index (χ0n) is 21.4. The summed E-state index contributed by atoms with van der Waals surface area (Å²) in [6, 6.07) is 14.7. The van der Waals surface area contributed by atoms with E-state index in [4.69, 9.17) is 4.74 Å². The van der Waals surface area contributed by atoms with E-state index >= 15 is 0 Å². The largest absolute Gasteiger partial charge is 0.508 e. The van der Waals surface area contributed by atoms with Crippen LogP contribution in [0.25, 0.3) is 5.76 Å². The van der Waals surface area contributed by atoms with Crippen molar-refractivity contribution in [1.29, 1.82) is 0 Å². The van der Waals surface area contributed by atoms with Crippen LogP contribution in [-0.2, 0) is 9.59 Å². The number of hydrogen-bond donors (Lipinski definition) is 2. The van der Waals surface area contributed by atoms with Gasteiger partial charge in [0.1, 0.15) is 17.3 Å². The van der Waals surface area contributed by atoms with Gasteiger partial charge in [0.2, 0.25) is 0 Å². The molecular weight excluding hydrogens is 454 g/mol. The Kier molecular flexibility index (Phi) is 6.63. The Morgan fingerprint density at radius 3 is 2.25 bits per heavy atom. The maximum absolute atomic E-state index is 13.5. The van der Waals surface area contributed by atoms with Crippen molar-refractivity contribution in [1.82, 2.24) is 0 Å². The lowest BCUT2D eigenvalue weighted by Crippen LogP contribution is -2.30. The summed E-state index contributed by atoms with van der Waals surface area (Å²) in [6.07, 6.45) is 0. The van der Waals surface area contributed by atoms with Gasteiger partial charge in [0.25, 0.3) is 11.7 Å². The number of carbonyl (C=O) groups is 2. The first-order chi connectivity index (χ1) is 17.1. The highest BCUT2D eigenvalue weighted by Crippen LogP contribution is 2.44. The minimum atomic E-state index is -0.866. The number of phenols is 1.